The van der Waals surface area contributed by atoms with Crippen LogP contribution in [0, 0.1) is 12.8 Å². The van der Waals surface area contributed by atoms with Crippen molar-refractivity contribution in [1.29, 1.82) is 0 Å². The summed E-state index contributed by atoms with van der Waals surface area (Å²) >= 11 is 6.28. The van der Waals surface area contributed by atoms with E-state index in [1.165, 1.54) is 30.2 Å². The predicted octanol–water partition coefficient (Wildman–Crippen LogP) is 5.43. The number of benzene rings is 3. The van der Waals surface area contributed by atoms with Crippen LogP contribution >= 0.6 is 11.6 Å². The number of ether oxygens (including phenoxy) is 1. The molecule has 0 spiro atoms. The minimum Gasteiger partial charge on any atom is -0.495 e. The first kappa shape index (κ1) is 32.0. The van der Waals surface area contributed by atoms with Gasteiger partial charge in [0, 0.05) is 18.1 Å². The van der Waals surface area contributed by atoms with Gasteiger partial charge in [-0.1, -0.05) is 80.4 Å². The maximum absolute atomic E-state index is 14.2. The molecule has 0 radical (unpaired) electrons. The van der Waals surface area contributed by atoms with Crippen molar-refractivity contribution in [1.82, 2.24) is 10.2 Å². The predicted molar refractivity (Wildman–Crippen MR) is 163 cm³/mol. The van der Waals surface area contributed by atoms with E-state index < -0.39 is 28.5 Å². The van der Waals surface area contributed by atoms with Crippen LogP contribution in [-0.4, -0.2) is 51.4 Å². The van der Waals surface area contributed by atoms with Crippen molar-refractivity contribution in [3.8, 4) is 5.75 Å². The Bertz CT molecular complexity index is 1430. The van der Waals surface area contributed by atoms with E-state index >= 15 is 0 Å². The van der Waals surface area contributed by atoms with Crippen LogP contribution in [0.2, 0.25) is 5.02 Å². The third kappa shape index (κ3) is 8.24. The standard InChI is InChI=1S/C31H38ClN3O5S/c1-6-27(31(37)33-19-22(2)3)34(20-24-14-12-23(4)13-15-24)30(36)21-35(28-18-25(32)16-17-29(28)40-5)41(38,39)26-10-8-7-9-11-26/h7-18,22,27H,6,19-21H2,1-5H3,(H,33,37)/t27-/m0/s1. The van der Waals surface area contributed by atoms with Gasteiger partial charge in [-0.15, -0.1) is 0 Å². The molecule has 10 heteroatoms. The highest BCUT2D eigenvalue weighted by molar-refractivity contribution is 7.92. The highest BCUT2D eigenvalue weighted by Gasteiger charge is 2.34. The van der Waals surface area contributed by atoms with E-state index in [2.05, 4.69) is 5.32 Å². The molecule has 0 aliphatic heterocycles. The number of hydrogen-bond acceptors (Lipinski definition) is 5. The molecular weight excluding hydrogens is 562 g/mol. The fourth-order valence-electron chi connectivity index (χ4n) is 4.32. The van der Waals surface area contributed by atoms with Gasteiger partial charge in [-0.25, -0.2) is 8.42 Å². The molecule has 0 saturated carbocycles. The smallest absolute Gasteiger partial charge is 0.264 e. The molecule has 0 bridgehead atoms. The second-order valence-corrected chi connectivity index (χ2v) is 12.5. The van der Waals surface area contributed by atoms with Crippen molar-refractivity contribution in [3.63, 3.8) is 0 Å². The molecule has 1 N–H and O–H groups in total. The van der Waals surface area contributed by atoms with Crippen LogP contribution in [-0.2, 0) is 26.2 Å². The number of rotatable bonds is 13. The molecule has 0 aliphatic carbocycles. The number of amides is 2. The maximum Gasteiger partial charge on any atom is 0.264 e. The first-order valence-electron chi connectivity index (χ1n) is 13.5. The molecule has 0 unspecified atom stereocenters. The van der Waals surface area contributed by atoms with E-state index in [-0.39, 0.29) is 39.7 Å². The van der Waals surface area contributed by atoms with Crippen LogP contribution in [0.5, 0.6) is 5.75 Å². The lowest BCUT2D eigenvalue weighted by Gasteiger charge is -2.33. The van der Waals surface area contributed by atoms with Crippen LogP contribution in [0.1, 0.15) is 38.3 Å². The van der Waals surface area contributed by atoms with Crippen LogP contribution in [0.15, 0.2) is 77.7 Å². The summed E-state index contributed by atoms with van der Waals surface area (Å²) in [6.07, 6.45) is 0.341. The molecule has 3 rings (SSSR count). The molecule has 2 amide bonds. The van der Waals surface area contributed by atoms with Crippen molar-refractivity contribution in [3.05, 3.63) is 88.9 Å². The number of nitrogens with one attached hydrogen (secondary N) is 1. The SMILES string of the molecule is CC[C@@H](C(=O)NCC(C)C)N(Cc1ccc(C)cc1)C(=O)CN(c1cc(Cl)ccc1OC)S(=O)(=O)c1ccccc1. The molecule has 41 heavy (non-hydrogen) atoms. The number of carbonyl (C=O) groups is 2. The van der Waals surface area contributed by atoms with Crippen molar-refractivity contribution in [2.75, 3.05) is 24.5 Å². The maximum atomic E-state index is 14.2. The Morgan fingerprint density at radius 3 is 2.24 bits per heavy atom. The molecule has 3 aromatic carbocycles. The Hall–Kier alpha value is -3.56. The van der Waals surface area contributed by atoms with E-state index in [9.17, 15) is 18.0 Å². The number of anilines is 1. The van der Waals surface area contributed by atoms with Gasteiger partial charge in [0.15, 0.2) is 0 Å². The van der Waals surface area contributed by atoms with Crippen LogP contribution < -0.4 is 14.4 Å². The Morgan fingerprint density at radius 2 is 1.66 bits per heavy atom. The first-order valence-corrected chi connectivity index (χ1v) is 15.3. The molecule has 0 aliphatic rings. The van der Waals surface area contributed by atoms with Crippen molar-refractivity contribution in [2.24, 2.45) is 5.92 Å². The van der Waals surface area contributed by atoms with Gasteiger partial charge in [0.2, 0.25) is 11.8 Å². The van der Waals surface area contributed by atoms with E-state index in [0.29, 0.717) is 13.0 Å². The molecule has 3 aromatic rings. The third-order valence-corrected chi connectivity index (χ3v) is 8.57. The summed E-state index contributed by atoms with van der Waals surface area (Å²) in [5.74, 6) is -0.383. The summed E-state index contributed by atoms with van der Waals surface area (Å²) in [6.45, 7) is 7.77. The van der Waals surface area contributed by atoms with E-state index in [0.717, 1.165) is 15.4 Å². The van der Waals surface area contributed by atoms with Crippen LogP contribution in [0.4, 0.5) is 5.69 Å². The average molecular weight is 600 g/mol. The van der Waals surface area contributed by atoms with Gasteiger partial charge >= 0.3 is 0 Å². The lowest BCUT2D eigenvalue weighted by atomic mass is 10.1. The van der Waals surface area contributed by atoms with Gasteiger partial charge in [-0.3, -0.25) is 13.9 Å². The molecule has 8 nitrogen and oxygen atoms in total. The van der Waals surface area contributed by atoms with E-state index in [1.54, 1.807) is 30.3 Å². The van der Waals surface area contributed by atoms with Crippen molar-refractivity contribution in [2.45, 2.75) is 51.6 Å². The summed E-state index contributed by atoms with van der Waals surface area (Å²) in [5, 5.41) is 3.20. The Morgan fingerprint density at radius 1 is 1.00 bits per heavy atom. The lowest BCUT2D eigenvalue weighted by Crippen LogP contribution is -2.52. The van der Waals surface area contributed by atoms with Crippen LogP contribution in [0.25, 0.3) is 0 Å². The quantitative estimate of drug-likeness (QED) is 0.283. The molecule has 0 saturated heterocycles. The Balaban J connectivity index is 2.10. The number of halogens is 1. The molecule has 0 fully saturated rings. The molecule has 0 aromatic heterocycles. The van der Waals surface area contributed by atoms with Gasteiger partial charge in [0.25, 0.3) is 10.0 Å². The number of sulfonamides is 1. The monoisotopic (exact) mass is 599 g/mol. The minimum atomic E-state index is -4.24. The Labute approximate surface area is 248 Å². The number of hydrogen-bond donors (Lipinski definition) is 1. The lowest BCUT2D eigenvalue weighted by molar-refractivity contribution is -0.140. The summed E-state index contributed by atoms with van der Waals surface area (Å²) in [6, 6.07) is 19.3. The molecular formula is C31H38ClN3O5S. The van der Waals surface area contributed by atoms with Gasteiger partial charge < -0.3 is 15.0 Å². The highest BCUT2D eigenvalue weighted by Crippen LogP contribution is 2.35. The number of nitrogens with zero attached hydrogens (tertiary/aromatic N) is 2. The van der Waals surface area contributed by atoms with Gasteiger partial charge in [-0.2, -0.15) is 0 Å². The molecule has 0 heterocycles. The van der Waals surface area contributed by atoms with E-state index in [4.69, 9.17) is 16.3 Å². The number of methoxy groups -OCH3 is 1. The van der Waals surface area contributed by atoms with Crippen molar-refractivity contribution >= 4 is 39.1 Å². The second kappa shape index (κ2) is 14.4. The van der Waals surface area contributed by atoms with Gasteiger partial charge in [-0.05, 0) is 55.2 Å². The fraction of sp³-hybridized carbons (Fsp3) is 0.355. The largest absolute Gasteiger partial charge is 0.495 e. The van der Waals surface area contributed by atoms with E-state index in [1.807, 2.05) is 52.0 Å². The Kier molecular flexibility index (Phi) is 11.2. The van der Waals surface area contributed by atoms with Gasteiger partial charge in [0.05, 0.1) is 17.7 Å². The zero-order valence-corrected chi connectivity index (χ0v) is 25.7. The summed E-state index contributed by atoms with van der Waals surface area (Å²) in [5.41, 5.74) is 1.99. The number of aryl methyl sites for hydroxylation is 1. The van der Waals surface area contributed by atoms with Gasteiger partial charge in [0.1, 0.15) is 18.3 Å². The summed E-state index contributed by atoms with van der Waals surface area (Å²) in [4.78, 5) is 28.9. The molecule has 1 atom stereocenters. The average Bonchev–Trinajstić information content (AvgIpc) is 2.95. The number of carbonyl (C=O) groups excluding carboxylic acids is 2. The highest BCUT2D eigenvalue weighted by atomic mass is 35.5. The normalized spacial score (nSPS) is 12.1. The first-order chi connectivity index (χ1) is 19.5. The summed E-state index contributed by atoms with van der Waals surface area (Å²) in [7, 11) is -2.82. The van der Waals surface area contributed by atoms with Crippen molar-refractivity contribution < 1.29 is 22.7 Å². The minimum absolute atomic E-state index is 0.00151. The fourth-order valence-corrected chi connectivity index (χ4v) is 5.93. The topological polar surface area (TPSA) is 96.0 Å². The zero-order valence-electron chi connectivity index (χ0n) is 24.1. The zero-order chi connectivity index (χ0) is 30.2. The third-order valence-electron chi connectivity index (χ3n) is 6.56. The molecule has 220 valence electrons. The van der Waals surface area contributed by atoms with Crippen LogP contribution in [0.3, 0.4) is 0 Å². The summed E-state index contributed by atoms with van der Waals surface area (Å²) < 4.78 is 34.5. The second-order valence-electron chi connectivity index (χ2n) is 10.2.